The van der Waals surface area contributed by atoms with Crippen LogP contribution in [0.2, 0.25) is 5.02 Å². The average molecular weight is 454 g/mol. The molecule has 1 aromatic heterocycles. The number of hydrogen-bond donors (Lipinski definition) is 0. The number of rotatable bonds is 6. The minimum absolute atomic E-state index is 0.104. The number of hydrogen-bond acceptors (Lipinski definition) is 5. The van der Waals surface area contributed by atoms with Crippen LogP contribution in [0.25, 0.3) is 0 Å². The molecule has 1 aliphatic heterocycles. The molecule has 0 N–H and O–H groups in total. The number of piperazine rings is 1. The van der Waals surface area contributed by atoms with Crippen molar-refractivity contribution in [3.05, 3.63) is 81.2 Å². The lowest BCUT2D eigenvalue weighted by Crippen LogP contribution is -2.48. The summed E-state index contributed by atoms with van der Waals surface area (Å²) >= 11 is 5.97. The van der Waals surface area contributed by atoms with E-state index in [-0.39, 0.29) is 12.5 Å². The molecule has 1 saturated heterocycles. The van der Waals surface area contributed by atoms with Crippen molar-refractivity contribution in [3.8, 4) is 5.75 Å². The Morgan fingerprint density at radius 2 is 1.78 bits per heavy atom. The van der Waals surface area contributed by atoms with Gasteiger partial charge in [0.15, 0.2) is 5.69 Å². The summed E-state index contributed by atoms with van der Waals surface area (Å²) in [7, 11) is 0. The van der Waals surface area contributed by atoms with Crippen LogP contribution in [0, 0.1) is 20.8 Å². The van der Waals surface area contributed by atoms with Gasteiger partial charge in [-0.2, -0.15) is 0 Å². The van der Waals surface area contributed by atoms with E-state index < -0.39 is 0 Å². The van der Waals surface area contributed by atoms with E-state index in [4.69, 9.17) is 20.9 Å². The first-order chi connectivity index (χ1) is 15.4. The monoisotopic (exact) mass is 453 g/mol. The largest absolute Gasteiger partial charge is 0.488 e. The van der Waals surface area contributed by atoms with Gasteiger partial charge in [-0.25, -0.2) is 0 Å². The summed E-state index contributed by atoms with van der Waals surface area (Å²) in [4.78, 5) is 17.4. The quantitative estimate of drug-likeness (QED) is 0.537. The summed E-state index contributed by atoms with van der Waals surface area (Å²) in [6.07, 6.45) is 0. The third-order valence-corrected chi connectivity index (χ3v) is 6.13. The molecule has 1 fully saturated rings. The molecule has 0 spiro atoms. The van der Waals surface area contributed by atoms with Crippen molar-refractivity contribution in [2.45, 2.75) is 33.9 Å². The Morgan fingerprint density at radius 3 is 2.50 bits per heavy atom. The first-order valence-electron chi connectivity index (χ1n) is 10.8. The van der Waals surface area contributed by atoms with Gasteiger partial charge in [0.1, 0.15) is 18.1 Å². The number of carbonyl (C=O) groups is 1. The first kappa shape index (κ1) is 22.4. The maximum Gasteiger partial charge on any atom is 0.276 e. The van der Waals surface area contributed by atoms with E-state index in [1.54, 1.807) is 0 Å². The Hall–Kier alpha value is -2.83. The Balaban J connectivity index is 1.38. The summed E-state index contributed by atoms with van der Waals surface area (Å²) in [6, 6.07) is 14.0. The van der Waals surface area contributed by atoms with Crippen LogP contribution >= 0.6 is 11.6 Å². The molecule has 7 heteroatoms. The van der Waals surface area contributed by atoms with Gasteiger partial charge in [-0.1, -0.05) is 41.0 Å². The molecule has 168 valence electrons. The lowest BCUT2D eigenvalue weighted by atomic mass is 10.1. The summed E-state index contributed by atoms with van der Waals surface area (Å²) in [6.45, 7) is 9.84. The molecule has 32 heavy (non-hydrogen) atoms. The Bertz CT molecular complexity index is 1090. The van der Waals surface area contributed by atoms with Crippen LogP contribution in [-0.4, -0.2) is 47.0 Å². The number of halogens is 1. The van der Waals surface area contributed by atoms with Crippen molar-refractivity contribution in [2.75, 3.05) is 26.2 Å². The second-order valence-electron chi connectivity index (χ2n) is 8.32. The van der Waals surface area contributed by atoms with Crippen LogP contribution < -0.4 is 4.74 Å². The van der Waals surface area contributed by atoms with Crippen molar-refractivity contribution >= 4 is 17.5 Å². The van der Waals surface area contributed by atoms with Gasteiger partial charge in [0.25, 0.3) is 5.91 Å². The van der Waals surface area contributed by atoms with Gasteiger partial charge in [0.2, 0.25) is 0 Å². The molecule has 0 unspecified atom stereocenters. The van der Waals surface area contributed by atoms with Gasteiger partial charge >= 0.3 is 0 Å². The molecule has 6 nitrogen and oxygen atoms in total. The fourth-order valence-corrected chi connectivity index (χ4v) is 3.97. The zero-order chi connectivity index (χ0) is 22.7. The van der Waals surface area contributed by atoms with Crippen molar-refractivity contribution in [2.24, 2.45) is 0 Å². The van der Waals surface area contributed by atoms with Crippen LogP contribution in [0.3, 0.4) is 0 Å². The van der Waals surface area contributed by atoms with E-state index in [1.165, 1.54) is 5.56 Å². The molecule has 1 aliphatic rings. The molecule has 1 amide bonds. The molecule has 4 rings (SSSR count). The van der Waals surface area contributed by atoms with Crippen LogP contribution in [0.15, 0.2) is 47.0 Å². The number of benzene rings is 2. The lowest BCUT2D eigenvalue weighted by Gasteiger charge is -2.34. The van der Waals surface area contributed by atoms with Gasteiger partial charge < -0.3 is 14.2 Å². The molecule has 2 aromatic carbocycles. The topological polar surface area (TPSA) is 58.8 Å². The average Bonchev–Trinajstić information content (AvgIpc) is 3.16. The maximum atomic E-state index is 13.2. The molecule has 0 atom stereocenters. The predicted octanol–water partition coefficient (Wildman–Crippen LogP) is 4.79. The van der Waals surface area contributed by atoms with Crippen molar-refractivity contribution in [1.82, 2.24) is 15.0 Å². The van der Waals surface area contributed by atoms with E-state index >= 15 is 0 Å². The lowest BCUT2D eigenvalue weighted by molar-refractivity contribution is 0.0616. The highest BCUT2D eigenvalue weighted by molar-refractivity contribution is 6.30. The number of aryl methyl sites for hydroxylation is 3. The third-order valence-electron chi connectivity index (χ3n) is 5.88. The van der Waals surface area contributed by atoms with Crippen LogP contribution in [0.5, 0.6) is 5.75 Å². The van der Waals surface area contributed by atoms with Gasteiger partial charge in [-0.05, 0) is 55.7 Å². The normalized spacial score (nSPS) is 14.6. The Kier molecular flexibility index (Phi) is 6.82. The van der Waals surface area contributed by atoms with E-state index in [9.17, 15) is 4.79 Å². The minimum atomic E-state index is -0.104. The fourth-order valence-electron chi connectivity index (χ4n) is 3.85. The zero-order valence-corrected chi connectivity index (χ0v) is 19.5. The van der Waals surface area contributed by atoms with E-state index in [0.29, 0.717) is 30.1 Å². The second kappa shape index (κ2) is 9.76. The Labute approximate surface area is 193 Å². The van der Waals surface area contributed by atoms with Crippen molar-refractivity contribution in [3.63, 3.8) is 0 Å². The molecule has 0 radical (unpaired) electrons. The van der Waals surface area contributed by atoms with Gasteiger partial charge in [-0.3, -0.25) is 9.69 Å². The molecule has 0 aliphatic carbocycles. The first-order valence-corrected chi connectivity index (χ1v) is 11.2. The fraction of sp³-hybridized carbons (Fsp3) is 0.360. The van der Waals surface area contributed by atoms with Crippen molar-refractivity contribution in [1.29, 1.82) is 0 Å². The smallest absolute Gasteiger partial charge is 0.276 e. The van der Waals surface area contributed by atoms with E-state index in [2.05, 4.69) is 10.1 Å². The van der Waals surface area contributed by atoms with Crippen LogP contribution in [0.4, 0.5) is 0 Å². The SMILES string of the molecule is Cc1ccc(C)c(OCc2c(C(=O)N3CCN(Cc4ccc(Cl)cc4)CC3)noc2C)c1. The number of ether oxygens (including phenoxy) is 1. The zero-order valence-electron chi connectivity index (χ0n) is 18.7. The van der Waals surface area contributed by atoms with E-state index in [0.717, 1.165) is 41.5 Å². The molecule has 0 bridgehead atoms. The van der Waals surface area contributed by atoms with E-state index in [1.807, 2.05) is 68.1 Å². The van der Waals surface area contributed by atoms with Crippen LogP contribution in [-0.2, 0) is 13.2 Å². The molecule has 2 heterocycles. The Morgan fingerprint density at radius 1 is 1.06 bits per heavy atom. The second-order valence-corrected chi connectivity index (χ2v) is 8.75. The summed E-state index contributed by atoms with van der Waals surface area (Å²) in [5.74, 6) is 1.31. The molecule has 3 aromatic rings. The summed E-state index contributed by atoms with van der Waals surface area (Å²) in [5, 5.41) is 4.81. The highest BCUT2D eigenvalue weighted by atomic mass is 35.5. The molecular weight excluding hydrogens is 426 g/mol. The number of aromatic nitrogens is 1. The highest BCUT2D eigenvalue weighted by Gasteiger charge is 2.28. The number of amides is 1. The highest BCUT2D eigenvalue weighted by Crippen LogP contribution is 2.23. The summed E-state index contributed by atoms with van der Waals surface area (Å²) < 4.78 is 11.4. The predicted molar refractivity (Wildman–Crippen MR) is 124 cm³/mol. The van der Waals surface area contributed by atoms with Gasteiger partial charge in [0, 0.05) is 37.7 Å². The van der Waals surface area contributed by atoms with Gasteiger partial charge in [0.05, 0.1) is 5.56 Å². The third kappa shape index (κ3) is 5.14. The van der Waals surface area contributed by atoms with Crippen molar-refractivity contribution < 1.29 is 14.1 Å². The summed E-state index contributed by atoms with van der Waals surface area (Å²) in [5.41, 5.74) is 4.44. The minimum Gasteiger partial charge on any atom is -0.488 e. The maximum absolute atomic E-state index is 13.2. The molecule has 0 saturated carbocycles. The number of nitrogens with zero attached hydrogens (tertiary/aromatic N) is 3. The molecular formula is C25H28ClN3O3. The van der Waals surface area contributed by atoms with Gasteiger partial charge in [-0.15, -0.1) is 0 Å². The standard InChI is InChI=1S/C25H28ClN3O3/c1-17-4-5-18(2)23(14-17)31-16-22-19(3)32-27-24(22)25(30)29-12-10-28(11-13-29)15-20-6-8-21(26)9-7-20/h4-9,14H,10-13,15-16H2,1-3H3. The van der Waals surface area contributed by atoms with Crippen LogP contribution in [0.1, 0.15) is 38.5 Å². The number of carbonyl (C=O) groups excluding carboxylic acids is 1.